The lowest BCUT2D eigenvalue weighted by Gasteiger charge is -2.55. The molecule has 2 fully saturated rings. The lowest BCUT2D eigenvalue weighted by molar-refractivity contribution is -0.181. The van der Waals surface area contributed by atoms with Crippen molar-refractivity contribution in [2.24, 2.45) is 10.8 Å². The van der Waals surface area contributed by atoms with Crippen LogP contribution in [0.25, 0.3) is 0 Å². The molecule has 2 N–H and O–H groups in total. The molecular weight excluding hydrogens is 287 g/mol. The Morgan fingerprint density at radius 3 is 1.82 bits per heavy atom. The van der Waals surface area contributed by atoms with Crippen LogP contribution in [-0.2, 0) is 18.9 Å². The molecule has 0 aromatic heterocycles. The summed E-state index contributed by atoms with van der Waals surface area (Å²) in [5.41, 5.74) is -1.77. The van der Waals surface area contributed by atoms with Crippen LogP contribution < -0.4 is 0 Å². The normalized spacial score (nSPS) is 29.5. The first-order valence-corrected chi connectivity index (χ1v) is 7.47. The van der Waals surface area contributed by atoms with Gasteiger partial charge in [-0.25, -0.2) is 0 Å². The monoisotopic (exact) mass is 308 g/mol. The first-order valence-electron chi connectivity index (χ1n) is 7.47. The van der Waals surface area contributed by atoms with Gasteiger partial charge in [0.2, 0.25) is 0 Å². The van der Waals surface area contributed by atoms with Crippen molar-refractivity contribution in [1.29, 1.82) is 0 Å². The number of carbonyl (C=O) groups is 2. The maximum absolute atomic E-state index is 11.2. The molecule has 3 rings (SSSR count). The average Bonchev–Trinajstić information content (AvgIpc) is 2.42. The van der Waals surface area contributed by atoms with Gasteiger partial charge in [0.15, 0.2) is 5.41 Å². The van der Waals surface area contributed by atoms with Gasteiger partial charge in [-0.3, -0.25) is 9.59 Å². The van der Waals surface area contributed by atoms with E-state index in [9.17, 15) is 9.59 Å². The van der Waals surface area contributed by atoms with Crippen molar-refractivity contribution in [2.75, 3.05) is 0 Å². The number of aliphatic carboxylic acids is 2. The lowest BCUT2D eigenvalue weighted by atomic mass is 9.43. The van der Waals surface area contributed by atoms with Gasteiger partial charge in [-0.05, 0) is 57.8 Å². The van der Waals surface area contributed by atoms with Gasteiger partial charge in [-0.15, -0.1) is 0 Å². The maximum Gasteiger partial charge on any atom is 0.490 e. The Morgan fingerprint density at radius 2 is 1.45 bits per heavy atom. The summed E-state index contributed by atoms with van der Waals surface area (Å²) in [6.45, 7) is 7.91. The summed E-state index contributed by atoms with van der Waals surface area (Å²) >= 11 is 0. The Morgan fingerprint density at radius 1 is 1.05 bits per heavy atom. The minimum atomic E-state index is -1.63. The van der Waals surface area contributed by atoms with Crippen LogP contribution in [0.4, 0.5) is 0 Å². The zero-order chi connectivity index (χ0) is 16.6. The number of carboxylic acids is 2. The summed E-state index contributed by atoms with van der Waals surface area (Å²) in [7, 11) is -0.416. The molecule has 1 heterocycles. The van der Waals surface area contributed by atoms with Crippen LogP contribution in [0.1, 0.15) is 47.0 Å². The average molecular weight is 308 g/mol. The maximum atomic E-state index is 11.2. The fourth-order valence-corrected chi connectivity index (χ4v) is 3.69. The van der Waals surface area contributed by atoms with E-state index >= 15 is 0 Å². The number of rotatable bonds is 3. The molecule has 0 radical (unpaired) electrons. The van der Waals surface area contributed by atoms with Gasteiger partial charge in [-0.2, -0.15) is 0 Å². The summed E-state index contributed by atoms with van der Waals surface area (Å²) in [5.74, 6) is -2.49. The fraction of sp³-hybridized carbons (Fsp3) is 0.733. The van der Waals surface area contributed by atoms with Crippen molar-refractivity contribution < 1.29 is 29.1 Å². The minimum Gasteiger partial charge on any atom is -0.480 e. The molecule has 120 valence electrons. The molecule has 1 spiro atoms. The Hall–Kier alpha value is -1.34. The van der Waals surface area contributed by atoms with E-state index in [1.54, 1.807) is 0 Å². The largest absolute Gasteiger partial charge is 0.490 e. The zero-order valence-electron chi connectivity index (χ0n) is 13.3. The summed E-state index contributed by atoms with van der Waals surface area (Å²) in [6.07, 6.45) is 2.90. The molecule has 1 aliphatic heterocycles. The molecule has 0 amide bonds. The van der Waals surface area contributed by atoms with Crippen LogP contribution in [0, 0.1) is 10.8 Å². The van der Waals surface area contributed by atoms with E-state index in [1.807, 2.05) is 33.8 Å². The molecule has 0 unspecified atom stereocenters. The van der Waals surface area contributed by atoms with Crippen molar-refractivity contribution in [3.63, 3.8) is 0 Å². The summed E-state index contributed by atoms with van der Waals surface area (Å²) < 4.78 is 11.9. The molecule has 1 saturated carbocycles. The molecular formula is C15H21BO6. The second kappa shape index (κ2) is 4.14. The second-order valence-corrected chi connectivity index (χ2v) is 7.89. The van der Waals surface area contributed by atoms with E-state index < -0.39 is 35.7 Å². The highest BCUT2D eigenvalue weighted by atomic mass is 16.7. The summed E-state index contributed by atoms with van der Waals surface area (Å²) in [6, 6.07) is 0. The molecule has 2 aliphatic carbocycles. The highest BCUT2D eigenvalue weighted by molar-refractivity contribution is 6.55. The Bertz CT molecular complexity index is 553. The van der Waals surface area contributed by atoms with Crippen molar-refractivity contribution in [2.45, 2.75) is 58.2 Å². The van der Waals surface area contributed by atoms with Gasteiger partial charge in [0.05, 0.1) is 11.2 Å². The van der Waals surface area contributed by atoms with Gasteiger partial charge in [0.25, 0.3) is 0 Å². The zero-order valence-corrected chi connectivity index (χ0v) is 13.3. The van der Waals surface area contributed by atoms with E-state index in [4.69, 9.17) is 19.5 Å². The third-order valence-corrected chi connectivity index (χ3v) is 5.73. The van der Waals surface area contributed by atoms with E-state index in [0.29, 0.717) is 6.42 Å². The van der Waals surface area contributed by atoms with Crippen molar-refractivity contribution in [3.8, 4) is 0 Å². The van der Waals surface area contributed by atoms with Crippen molar-refractivity contribution >= 4 is 19.1 Å². The van der Waals surface area contributed by atoms with Gasteiger partial charge >= 0.3 is 19.1 Å². The van der Waals surface area contributed by atoms with Crippen LogP contribution in [0.5, 0.6) is 0 Å². The van der Waals surface area contributed by atoms with Crippen LogP contribution in [0.2, 0.25) is 0 Å². The van der Waals surface area contributed by atoms with Gasteiger partial charge < -0.3 is 19.5 Å². The standard InChI is InChI=1S/C15H21BO6/c1-12(2)13(3,4)22-16(21-12)9-5-14(6-9)7-15(8-14,10(17)18)11(19)20/h5H,6-8H2,1-4H3,(H,17,18)(H,19,20). The number of hydrogen-bond donors (Lipinski definition) is 2. The Balaban J connectivity index is 1.71. The van der Waals surface area contributed by atoms with Crippen LogP contribution in [0.15, 0.2) is 11.5 Å². The molecule has 7 heteroatoms. The van der Waals surface area contributed by atoms with E-state index in [1.165, 1.54) is 0 Å². The SMILES string of the molecule is CC1(C)OB(C2=CC3(C2)CC(C(=O)O)(C(=O)O)C3)OC1(C)C. The molecule has 1 saturated heterocycles. The fourth-order valence-electron chi connectivity index (χ4n) is 3.69. The smallest absolute Gasteiger partial charge is 0.480 e. The van der Waals surface area contributed by atoms with E-state index in [0.717, 1.165) is 5.47 Å². The number of allylic oxidation sites excluding steroid dienone is 2. The molecule has 0 bridgehead atoms. The second-order valence-electron chi connectivity index (χ2n) is 7.89. The predicted molar refractivity (Wildman–Crippen MR) is 78.2 cm³/mol. The van der Waals surface area contributed by atoms with Gasteiger partial charge in [-0.1, -0.05) is 6.08 Å². The molecule has 0 aromatic carbocycles. The van der Waals surface area contributed by atoms with E-state index in [2.05, 4.69) is 0 Å². The minimum absolute atomic E-state index is 0.147. The number of hydrogen-bond acceptors (Lipinski definition) is 4. The molecule has 6 nitrogen and oxygen atoms in total. The third kappa shape index (κ3) is 1.88. The first kappa shape index (κ1) is 15.6. The number of carboxylic acid groups (broad SMARTS) is 2. The summed E-state index contributed by atoms with van der Waals surface area (Å²) in [5, 5.41) is 18.3. The van der Waals surface area contributed by atoms with Gasteiger partial charge in [0.1, 0.15) is 0 Å². The Labute approximate surface area is 129 Å². The highest BCUT2D eigenvalue weighted by Gasteiger charge is 2.67. The lowest BCUT2D eigenvalue weighted by Crippen LogP contribution is -2.58. The van der Waals surface area contributed by atoms with Crippen LogP contribution in [-0.4, -0.2) is 40.5 Å². The quantitative estimate of drug-likeness (QED) is 0.611. The van der Waals surface area contributed by atoms with Crippen molar-refractivity contribution in [3.05, 3.63) is 11.5 Å². The first-order chi connectivity index (χ1) is 9.93. The van der Waals surface area contributed by atoms with Crippen molar-refractivity contribution in [1.82, 2.24) is 0 Å². The predicted octanol–water partition coefficient (Wildman–Crippen LogP) is 1.88. The molecule has 0 aromatic rings. The summed E-state index contributed by atoms with van der Waals surface area (Å²) in [4.78, 5) is 22.5. The van der Waals surface area contributed by atoms with Crippen LogP contribution in [0.3, 0.4) is 0 Å². The third-order valence-electron chi connectivity index (χ3n) is 5.73. The van der Waals surface area contributed by atoms with Crippen LogP contribution >= 0.6 is 0 Å². The van der Waals surface area contributed by atoms with Gasteiger partial charge in [0, 0.05) is 0 Å². The topological polar surface area (TPSA) is 93.1 Å². The molecule has 0 atom stereocenters. The Kier molecular flexibility index (Phi) is 2.93. The highest BCUT2D eigenvalue weighted by Crippen LogP contribution is 2.64. The van der Waals surface area contributed by atoms with E-state index in [-0.39, 0.29) is 18.3 Å². The molecule has 3 aliphatic rings. The molecule has 22 heavy (non-hydrogen) atoms.